The summed E-state index contributed by atoms with van der Waals surface area (Å²) in [6, 6.07) is 2.56. The van der Waals surface area contributed by atoms with Crippen molar-refractivity contribution in [2.24, 2.45) is 5.92 Å². The zero-order valence-electron chi connectivity index (χ0n) is 12.3. The SMILES string of the molecule is c1cnc(CN2CCCNC(C3CCCCC3)C2)nc1. The van der Waals surface area contributed by atoms with E-state index in [2.05, 4.69) is 20.2 Å². The molecule has 3 rings (SSSR count). The van der Waals surface area contributed by atoms with Crippen LogP contribution >= 0.6 is 0 Å². The molecule has 0 bridgehead atoms. The molecule has 4 nitrogen and oxygen atoms in total. The van der Waals surface area contributed by atoms with Crippen LogP contribution in [0.2, 0.25) is 0 Å². The highest BCUT2D eigenvalue weighted by molar-refractivity contribution is 4.91. The molecule has 2 heterocycles. The van der Waals surface area contributed by atoms with E-state index >= 15 is 0 Å². The van der Waals surface area contributed by atoms with Gasteiger partial charge in [0.05, 0.1) is 6.54 Å². The van der Waals surface area contributed by atoms with E-state index in [0.29, 0.717) is 6.04 Å². The smallest absolute Gasteiger partial charge is 0.142 e. The zero-order valence-corrected chi connectivity index (χ0v) is 12.3. The van der Waals surface area contributed by atoms with Gasteiger partial charge < -0.3 is 5.32 Å². The minimum atomic E-state index is 0.668. The highest BCUT2D eigenvalue weighted by atomic mass is 15.2. The maximum absolute atomic E-state index is 4.37. The van der Waals surface area contributed by atoms with Gasteiger partial charge in [-0.1, -0.05) is 19.3 Å². The Balaban J connectivity index is 1.59. The Labute approximate surface area is 122 Å². The molecule has 1 aromatic heterocycles. The second-order valence-electron chi connectivity index (χ2n) is 6.21. The standard InChI is InChI=1S/C16H26N4/c1-2-6-14(7-3-1)15-12-20(11-5-10-17-15)13-16-18-8-4-9-19-16/h4,8-9,14-15,17H,1-3,5-7,10-13H2. The molecular weight excluding hydrogens is 248 g/mol. The van der Waals surface area contributed by atoms with E-state index < -0.39 is 0 Å². The van der Waals surface area contributed by atoms with Gasteiger partial charge in [-0.15, -0.1) is 0 Å². The van der Waals surface area contributed by atoms with Crippen LogP contribution in [0.5, 0.6) is 0 Å². The average Bonchev–Trinajstić information content (AvgIpc) is 2.75. The van der Waals surface area contributed by atoms with Gasteiger partial charge in [-0.25, -0.2) is 9.97 Å². The normalized spacial score (nSPS) is 26.3. The lowest BCUT2D eigenvalue weighted by atomic mass is 9.83. The minimum absolute atomic E-state index is 0.668. The summed E-state index contributed by atoms with van der Waals surface area (Å²) in [6.07, 6.45) is 12.0. The van der Waals surface area contributed by atoms with Gasteiger partial charge in [0.25, 0.3) is 0 Å². The lowest BCUT2D eigenvalue weighted by molar-refractivity contribution is 0.198. The van der Waals surface area contributed by atoms with Gasteiger partial charge in [0.15, 0.2) is 0 Å². The molecule has 0 spiro atoms. The average molecular weight is 274 g/mol. The second-order valence-corrected chi connectivity index (χ2v) is 6.21. The van der Waals surface area contributed by atoms with Crippen molar-refractivity contribution >= 4 is 0 Å². The van der Waals surface area contributed by atoms with E-state index in [4.69, 9.17) is 0 Å². The molecule has 1 atom stereocenters. The molecule has 0 radical (unpaired) electrons. The zero-order chi connectivity index (χ0) is 13.6. The number of nitrogens with zero attached hydrogens (tertiary/aromatic N) is 3. The summed E-state index contributed by atoms with van der Waals surface area (Å²) in [5.74, 6) is 1.83. The van der Waals surface area contributed by atoms with Crippen molar-refractivity contribution in [3.63, 3.8) is 0 Å². The molecule has 2 aliphatic rings. The van der Waals surface area contributed by atoms with E-state index in [-0.39, 0.29) is 0 Å². The molecule has 110 valence electrons. The fourth-order valence-electron chi connectivity index (χ4n) is 3.63. The Hall–Kier alpha value is -1.00. The maximum atomic E-state index is 4.37. The Morgan fingerprint density at radius 2 is 1.90 bits per heavy atom. The summed E-state index contributed by atoms with van der Waals surface area (Å²) in [5, 5.41) is 3.78. The molecule has 20 heavy (non-hydrogen) atoms. The number of rotatable bonds is 3. The lowest BCUT2D eigenvalue weighted by Gasteiger charge is -2.32. The predicted octanol–water partition coefficient (Wildman–Crippen LogP) is 2.22. The van der Waals surface area contributed by atoms with Crippen molar-refractivity contribution in [2.75, 3.05) is 19.6 Å². The van der Waals surface area contributed by atoms with Gasteiger partial charge in [0.1, 0.15) is 5.82 Å². The van der Waals surface area contributed by atoms with E-state index in [0.717, 1.165) is 37.9 Å². The Bertz CT molecular complexity index is 389. The van der Waals surface area contributed by atoms with Crippen molar-refractivity contribution in [3.8, 4) is 0 Å². The number of nitrogens with one attached hydrogen (secondary N) is 1. The van der Waals surface area contributed by atoms with Crippen LogP contribution in [0.4, 0.5) is 0 Å². The first-order valence-corrected chi connectivity index (χ1v) is 8.13. The van der Waals surface area contributed by atoms with Crippen molar-refractivity contribution in [1.82, 2.24) is 20.2 Å². The molecule has 1 aliphatic heterocycles. The molecule has 0 amide bonds. The summed E-state index contributed by atoms with van der Waals surface area (Å²) >= 11 is 0. The van der Waals surface area contributed by atoms with Crippen molar-refractivity contribution in [2.45, 2.75) is 51.1 Å². The topological polar surface area (TPSA) is 41.1 Å². The Kier molecular flexibility index (Phi) is 4.98. The molecule has 2 fully saturated rings. The number of hydrogen-bond donors (Lipinski definition) is 1. The highest BCUT2D eigenvalue weighted by Crippen LogP contribution is 2.27. The van der Waals surface area contributed by atoms with Crippen molar-refractivity contribution in [3.05, 3.63) is 24.3 Å². The van der Waals surface area contributed by atoms with Crippen molar-refractivity contribution < 1.29 is 0 Å². The fourth-order valence-corrected chi connectivity index (χ4v) is 3.63. The van der Waals surface area contributed by atoms with E-state index in [1.165, 1.54) is 38.5 Å². The largest absolute Gasteiger partial charge is 0.312 e. The first-order chi connectivity index (χ1) is 9.92. The summed E-state index contributed by atoms with van der Waals surface area (Å²) in [4.78, 5) is 11.3. The lowest BCUT2D eigenvalue weighted by Crippen LogP contribution is -2.43. The first kappa shape index (κ1) is 14.0. The van der Waals surface area contributed by atoms with Gasteiger partial charge in [0, 0.05) is 25.0 Å². The summed E-state index contributed by atoms with van der Waals surface area (Å²) in [5.41, 5.74) is 0. The van der Waals surface area contributed by atoms with Gasteiger partial charge in [0.2, 0.25) is 0 Å². The molecule has 1 saturated carbocycles. The van der Waals surface area contributed by atoms with E-state index in [1.807, 2.05) is 18.5 Å². The van der Waals surface area contributed by atoms with Crippen LogP contribution in [0, 0.1) is 5.92 Å². The molecular formula is C16H26N4. The molecule has 1 aliphatic carbocycles. The minimum Gasteiger partial charge on any atom is -0.312 e. The van der Waals surface area contributed by atoms with Gasteiger partial charge in [-0.3, -0.25) is 4.90 Å². The fraction of sp³-hybridized carbons (Fsp3) is 0.750. The van der Waals surface area contributed by atoms with Crippen molar-refractivity contribution in [1.29, 1.82) is 0 Å². The quantitative estimate of drug-likeness (QED) is 0.917. The third-order valence-electron chi connectivity index (χ3n) is 4.72. The number of hydrogen-bond acceptors (Lipinski definition) is 4. The molecule has 1 aromatic rings. The van der Waals surface area contributed by atoms with E-state index in [1.54, 1.807) is 0 Å². The molecule has 0 aromatic carbocycles. The monoisotopic (exact) mass is 274 g/mol. The third-order valence-corrected chi connectivity index (χ3v) is 4.72. The van der Waals surface area contributed by atoms with Gasteiger partial charge in [-0.2, -0.15) is 0 Å². The van der Waals surface area contributed by atoms with Crippen LogP contribution in [0.3, 0.4) is 0 Å². The van der Waals surface area contributed by atoms with Gasteiger partial charge >= 0.3 is 0 Å². The molecule has 1 unspecified atom stereocenters. The number of aromatic nitrogens is 2. The van der Waals surface area contributed by atoms with Crippen LogP contribution in [0.25, 0.3) is 0 Å². The Morgan fingerprint density at radius 1 is 1.10 bits per heavy atom. The van der Waals surface area contributed by atoms with Crippen LogP contribution in [-0.4, -0.2) is 40.5 Å². The summed E-state index contributed by atoms with van der Waals surface area (Å²) in [7, 11) is 0. The van der Waals surface area contributed by atoms with E-state index in [9.17, 15) is 0 Å². The van der Waals surface area contributed by atoms with Crippen LogP contribution in [0.15, 0.2) is 18.5 Å². The summed E-state index contributed by atoms with van der Waals surface area (Å²) < 4.78 is 0. The summed E-state index contributed by atoms with van der Waals surface area (Å²) in [6.45, 7) is 4.37. The van der Waals surface area contributed by atoms with Crippen LogP contribution < -0.4 is 5.32 Å². The van der Waals surface area contributed by atoms with Gasteiger partial charge in [-0.05, 0) is 44.3 Å². The third kappa shape index (κ3) is 3.76. The maximum Gasteiger partial charge on any atom is 0.142 e. The van der Waals surface area contributed by atoms with Crippen LogP contribution in [0.1, 0.15) is 44.3 Å². The molecule has 1 N–H and O–H groups in total. The highest BCUT2D eigenvalue weighted by Gasteiger charge is 2.27. The Morgan fingerprint density at radius 3 is 2.70 bits per heavy atom. The predicted molar refractivity (Wildman–Crippen MR) is 80.3 cm³/mol. The molecule has 1 saturated heterocycles. The second kappa shape index (κ2) is 7.14. The molecule has 4 heteroatoms. The van der Waals surface area contributed by atoms with Crippen LogP contribution in [-0.2, 0) is 6.54 Å². The first-order valence-electron chi connectivity index (χ1n) is 8.13.